The summed E-state index contributed by atoms with van der Waals surface area (Å²) in [7, 11) is 0. The Hall–Kier alpha value is -3.55. The molecular weight excluding hydrogens is 422 g/mol. The molecule has 1 aromatic carbocycles. The second kappa shape index (κ2) is 10.7. The highest BCUT2D eigenvalue weighted by Gasteiger charge is 2.34. The lowest BCUT2D eigenvalue weighted by Gasteiger charge is -2.30. The van der Waals surface area contributed by atoms with Gasteiger partial charge in [0.15, 0.2) is 5.84 Å². The summed E-state index contributed by atoms with van der Waals surface area (Å²) in [5.41, 5.74) is 6.57. The Morgan fingerprint density at radius 2 is 2.06 bits per heavy atom. The van der Waals surface area contributed by atoms with Gasteiger partial charge in [-0.2, -0.15) is 4.99 Å². The molecule has 0 aliphatic carbocycles. The first-order valence-corrected chi connectivity index (χ1v) is 9.96. The molecule has 0 aromatic heterocycles. The zero-order valence-corrected chi connectivity index (χ0v) is 17.1. The summed E-state index contributed by atoms with van der Waals surface area (Å²) in [6, 6.07) is 4.68. The molecule has 0 bridgehead atoms. The lowest BCUT2D eigenvalue weighted by Crippen LogP contribution is -2.62. The Kier molecular flexibility index (Phi) is 7.70. The van der Waals surface area contributed by atoms with Crippen LogP contribution in [0.2, 0.25) is 0 Å². The fourth-order valence-electron chi connectivity index (χ4n) is 3.26. The number of carbonyl (C=O) groups excluding carboxylic acids is 2. The van der Waals surface area contributed by atoms with Gasteiger partial charge in [-0.25, -0.2) is 9.68 Å². The second-order valence-electron chi connectivity index (χ2n) is 7.28. The van der Waals surface area contributed by atoms with E-state index >= 15 is 0 Å². The lowest BCUT2D eigenvalue weighted by atomic mass is 10.1. The standard InChI is InChI=1S/C19H25N7O6/c20-19-25-15-14(17(28)26-19)23-12(9-22-15)8-21-11-5-3-10(4-6-11)16(27)24-13(18(29)30)2-1-7-32-31/h3-6,12-14,21,23,31H,1-2,7-9H2,(H,24,27)(H,29,30)(H3,20,22,25,26,28)/t12-,13-,14?/m0/s1. The molecule has 0 spiro atoms. The minimum atomic E-state index is -1.17. The number of aliphatic carboxylic acids is 1. The number of nitrogens with two attached hydrogens (primary N) is 1. The summed E-state index contributed by atoms with van der Waals surface area (Å²) >= 11 is 0. The third kappa shape index (κ3) is 6.00. The molecule has 13 nitrogen and oxygen atoms in total. The number of guanidine groups is 1. The van der Waals surface area contributed by atoms with Crippen molar-refractivity contribution in [2.45, 2.75) is 31.0 Å². The number of hydrogen-bond donors (Lipinski definition) is 7. The number of aliphatic imine (C=N–C) groups is 2. The highest BCUT2D eigenvalue weighted by molar-refractivity contribution is 6.19. The lowest BCUT2D eigenvalue weighted by molar-refractivity contribution is -0.242. The molecule has 3 rings (SSSR count). The quantitative estimate of drug-likeness (QED) is 0.130. The van der Waals surface area contributed by atoms with E-state index < -0.39 is 24.0 Å². The molecule has 172 valence electrons. The van der Waals surface area contributed by atoms with Gasteiger partial charge >= 0.3 is 5.97 Å². The largest absolute Gasteiger partial charge is 0.480 e. The van der Waals surface area contributed by atoms with Crippen molar-refractivity contribution in [3.63, 3.8) is 0 Å². The van der Waals surface area contributed by atoms with Crippen molar-refractivity contribution >= 4 is 35.3 Å². The van der Waals surface area contributed by atoms with E-state index in [0.717, 1.165) is 5.69 Å². The normalized spacial score (nSPS) is 20.8. The number of amidine groups is 1. The first kappa shape index (κ1) is 23.1. The van der Waals surface area contributed by atoms with E-state index in [9.17, 15) is 19.5 Å². The van der Waals surface area contributed by atoms with Crippen molar-refractivity contribution in [1.82, 2.24) is 16.0 Å². The first-order chi connectivity index (χ1) is 15.4. The number of rotatable bonds is 10. The highest BCUT2D eigenvalue weighted by Crippen LogP contribution is 2.12. The van der Waals surface area contributed by atoms with Crippen LogP contribution in [0.5, 0.6) is 0 Å². The maximum atomic E-state index is 12.3. The van der Waals surface area contributed by atoms with E-state index in [0.29, 0.717) is 24.5 Å². The van der Waals surface area contributed by atoms with Crippen molar-refractivity contribution in [3.8, 4) is 0 Å². The Morgan fingerprint density at radius 1 is 1.31 bits per heavy atom. The molecule has 0 saturated heterocycles. The van der Waals surface area contributed by atoms with Gasteiger partial charge in [0.1, 0.15) is 12.1 Å². The number of carboxylic acids is 1. The summed E-state index contributed by atoms with van der Waals surface area (Å²) in [6.07, 6.45) is 0.399. The number of benzene rings is 1. The van der Waals surface area contributed by atoms with Gasteiger partial charge in [-0.05, 0) is 37.1 Å². The Balaban J connectivity index is 1.51. The topological polar surface area (TPSA) is 200 Å². The van der Waals surface area contributed by atoms with Crippen LogP contribution in [0.3, 0.4) is 0 Å². The summed E-state index contributed by atoms with van der Waals surface area (Å²) < 4.78 is 0. The summed E-state index contributed by atoms with van der Waals surface area (Å²) in [5, 5.41) is 28.8. The Bertz CT molecular complexity index is 917. The second-order valence-corrected chi connectivity index (χ2v) is 7.28. The molecule has 0 saturated carbocycles. The van der Waals surface area contributed by atoms with E-state index in [4.69, 9.17) is 11.0 Å². The van der Waals surface area contributed by atoms with E-state index in [1.54, 1.807) is 24.3 Å². The number of carbonyl (C=O) groups is 3. The van der Waals surface area contributed by atoms with Crippen LogP contribution in [-0.2, 0) is 14.5 Å². The third-order valence-corrected chi connectivity index (χ3v) is 4.91. The third-order valence-electron chi connectivity index (χ3n) is 4.91. The van der Waals surface area contributed by atoms with Crippen molar-refractivity contribution in [2.75, 3.05) is 25.0 Å². The maximum Gasteiger partial charge on any atom is 0.326 e. The highest BCUT2D eigenvalue weighted by atomic mass is 17.1. The molecule has 1 aromatic rings. The number of amides is 2. The van der Waals surface area contributed by atoms with Crippen molar-refractivity contribution < 1.29 is 29.6 Å². The number of carboxylic acid groups (broad SMARTS) is 1. The maximum absolute atomic E-state index is 12.3. The van der Waals surface area contributed by atoms with Gasteiger partial charge < -0.3 is 21.5 Å². The molecule has 1 unspecified atom stereocenters. The molecule has 32 heavy (non-hydrogen) atoms. The number of fused-ring (bicyclic) bond motifs is 1. The molecule has 13 heteroatoms. The van der Waals surface area contributed by atoms with Crippen LogP contribution >= 0.6 is 0 Å². The Morgan fingerprint density at radius 3 is 2.75 bits per heavy atom. The molecule has 0 fully saturated rings. The minimum Gasteiger partial charge on any atom is -0.480 e. The van der Waals surface area contributed by atoms with Gasteiger partial charge in [0.2, 0.25) is 5.96 Å². The van der Waals surface area contributed by atoms with Gasteiger partial charge in [0, 0.05) is 23.8 Å². The van der Waals surface area contributed by atoms with Crippen molar-refractivity contribution in [1.29, 1.82) is 0 Å². The Labute approximate surface area is 183 Å². The monoisotopic (exact) mass is 447 g/mol. The average Bonchev–Trinajstić information content (AvgIpc) is 2.77. The predicted octanol–water partition coefficient (Wildman–Crippen LogP) is -1.27. The minimum absolute atomic E-state index is 0.0187. The van der Waals surface area contributed by atoms with E-state index in [1.807, 2.05) is 0 Å². The SMILES string of the molecule is NC1=NC2=NC[C@H](CNc3ccc(C(=O)N[C@@H](CCCOO)C(=O)O)cc3)NC2C(=O)N1. The molecule has 8 N–H and O–H groups in total. The zero-order valence-electron chi connectivity index (χ0n) is 17.1. The van der Waals surface area contributed by atoms with E-state index in [2.05, 4.69) is 36.1 Å². The molecule has 2 aliphatic rings. The summed E-state index contributed by atoms with van der Waals surface area (Å²) in [6.45, 7) is 0.871. The van der Waals surface area contributed by atoms with E-state index in [-0.39, 0.29) is 37.4 Å². The van der Waals surface area contributed by atoms with Crippen LogP contribution in [0.15, 0.2) is 34.3 Å². The average molecular weight is 447 g/mol. The van der Waals surface area contributed by atoms with Gasteiger partial charge in [-0.15, -0.1) is 0 Å². The van der Waals surface area contributed by atoms with Gasteiger partial charge in [-0.3, -0.25) is 30.5 Å². The number of hydrogen-bond acceptors (Lipinski definition) is 10. The fourth-order valence-corrected chi connectivity index (χ4v) is 3.26. The van der Waals surface area contributed by atoms with Crippen molar-refractivity contribution in [2.24, 2.45) is 15.7 Å². The van der Waals surface area contributed by atoms with Crippen LogP contribution in [0, 0.1) is 0 Å². The molecule has 2 amide bonds. The summed E-state index contributed by atoms with van der Waals surface area (Å²) in [5.74, 6) is -1.60. The van der Waals surface area contributed by atoms with Crippen LogP contribution in [0.25, 0.3) is 0 Å². The first-order valence-electron chi connectivity index (χ1n) is 9.96. The molecule has 3 atom stereocenters. The zero-order chi connectivity index (χ0) is 23.1. The van der Waals surface area contributed by atoms with Gasteiger partial charge in [0.25, 0.3) is 11.8 Å². The number of nitrogens with zero attached hydrogens (tertiary/aromatic N) is 2. The number of anilines is 1. The van der Waals surface area contributed by atoms with Crippen LogP contribution in [0.4, 0.5) is 5.69 Å². The molecule has 0 radical (unpaired) electrons. The van der Waals surface area contributed by atoms with Crippen LogP contribution < -0.4 is 27.0 Å². The number of nitrogens with one attached hydrogen (secondary N) is 4. The smallest absolute Gasteiger partial charge is 0.326 e. The predicted molar refractivity (Wildman–Crippen MR) is 114 cm³/mol. The molecule has 2 heterocycles. The summed E-state index contributed by atoms with van der Waals surface area (Å²) in [4.78, 5) is 47.9. The van der Waals surface area contributed by atoms with Crippen LogP contribution in [0.1, 0.15) is 23.2 Å². The molecular formula is C19H25N7O6. The fraction of sp³-hybridized carbons (Fsp3) is 0.421. The van der Waals surface area contributed by atoms with Gasteiger partial charge in [-0.1, -0.05) is 0 Å². The van der Waals surface area contributed by atoms with E-state index in [1.165, 1.54) is 0 Å². The van der Waals surface area contributed by atoms with Gasteiger partial charge in [0.05, 0.1) is 13.2 Å². The molecule has 2 aliphatic heterocycles. The van der Waals surface area contributed by atoms with Crippen molar-refractivity contribution in [3.05, 3.63) is 29.8 Å². The van der Waals surface area contributed by atoms with Crippen LogP contribution in [-0.4, -0.2) is 77.8 Å².